The van der Waals surface area contributed by atoms with Gasteiger partial charge in [-0.1, -0.05) is 50.5 Å². The molecule has 2 bridgehead atoms. The Morgan fingerprint density at radius 1 is 1.27 bits per heavy atom. The van der Waals surface area contributed by atoms with Crippen LogP contribution in [0.3, 0.4) is 0 Å². The van der Waals surface area contributed by atoms with E-state index in [0.29, 0.717) is 5.82 Å². The molecule has 120 valence electrons. The Balaban J connectivity index is 0.000000164. The van der Waals surface area contributed by atoms with Crippen LogP contribution in [-0.4, -0.2) is 18.0 Å². The SMILES string of the molecule is CCCCCC1c2cccc1c2.O=[N+]([O-])C=C1NCCCN1. The van der Waals surface area contributed by atoms with E-state index in [4.69, 9.17) is 0 Å². The topological polar surface area (TPSA) is 67.2 Å². The Kier molecular flexibility index (Phi) is 6.25. The second-order valence-corrected chi connectivity index (χ2v) is 5.75. The van der Waals surface area contributed by atoms with Crippen molar-refractivity contribution in [2.45, 2.75) is 44.9 Å². The summed E-state index contributed by atoms with van der Waals surface area (Å²) >= 11 is 0. The quantitative estimate of drug-likeness (QED) is 0.497. The van der Waals surface area contributed by atoms with E-state index in [1.165, 1.54) is 25.7 Å². The summed E-state index contributed by atoms with van der Waals surface area (Å²) in [5.41, 5.74) is 3.12. The lowest BCUT2D eigenvalue weighted by molar-refractivity contribution is -0.404. The van der Waals surface area contributed by atoms with E-state index in [-0.39, 0.29) is 0 Å². The van der Waals surface area contributed by atoms with E-state index in [1.54, 1.807) is 11.1 Å². The number of nitrogens with zero attached hydrogens (tertiary/aromatic N) is 1. The molecule has 1 saturated heterocycles. The zero-order valence-electron chi connectivity index (χ0n) is 13.2. The molecule has 2 aliphatic carbocycles. The fourth-order valence-corrected chi connectivity index (χ4v) is 2.81. The minimum Gasteiger partial charge on any atom is -0.367 e. The molecule has 0 aromatic heterocycles. The standard InChI is InChI=1S/C12H16.C5H9N3O2/c1-2-3-4-8-12-10-6-5-7-11(12)9-10;9-8(10)4-5-6-2-1-3-7-5/h5-7,9,12H,2-4,8H2,1H3;4,6-7H,1-3H2. The maximum Gasteiger partial charge on any atom is 0.274 e. The molecule has 2 N–H and O–H groups in total. The van der Waals surface area contributed by atoms with Crippen molar-refractivity contribution < 1.29 is 4.92 Å². The molecule has 0 unspecified atom stereocenters. The van der Waals surface area contributed by atoms with Crippen molar-refractivity contribution in [2.75, 3.05) is 13.1 Å². The molecular formula is C17H25N3O2. The predicted molar refractivity (Wildman–Crippen MR) is 88.1 cm³/mol. The molecule has 0 atom stereocenters. The fourth-order valence-electron chi connectivity index (χ4n) is 2.81. The van der Waals surface area contributed by atoms with Gasteiger partial charge in [0.25, 0.3) is 6.20 Å². The summed E-state index contributed by atoms with van der Waals surface area (Å²) in [7, 11) is 0. The van der Waals surface area contributed by atoms with Gasteiger partial charge in [-0.15, -0.1) is 0 Å². The third-order valence-electron chi connectivity index (χ3n) is 4.03. The minimum atomic E-state index is -0.472. The highest BCUT2D eigenvalue weighted by atomic mass is 16.6. The second-order valence-electron chi connectivity index (χ2n) is 5.75. The molecule has 4 rings (SSSR count). The zero-order chi connectivity index (χ0) is 15.8. The number of fused-ring (bicyclic) bond motifs is 2. The van der Waals surface area contributed by atoms with Gasteiger partial charge in [-0.05, 0) is 24.0 Å². The van der Waals surface area contributed by atoms with Crippen LogP contribution in [0.15, 0.2) is 36.3 Å². The van der Waals surface area contributed by atoms with Crippen LogP contribution in [0.4, 0.5) is 0 Å². The Morgan fingerprint density at radius 2 is 1.95 bits per heavy atom. The first-order valence-electron chi connectivity index (χ1n) is 8.13. The molecule has 1 aromatic carbocycles. The van der Waals surface area contributed by atoms with Crippen LogP contribution in [0.1, 0.15) is 56.1 Å². The first kappa shape index (κ1) is 16.3. The molecule has 3 aliphatic rings. The highest BCUT2D eigenvalue weighted by Gasteiger charge is 2.21. The van der Waals surface area contributed by atoms with Crippen LogP contribution >= 0.6 is 0 Å². The Labute approximate surface area is 132 Å². The number of benzene rings is 1. The van der Waals surface area contributed by atoms with E-state index < -0.39 is 4.92 Å². The summed E-state index contributed by atoms with van der Waals surface area (Å²) in [5, 5.41) is 15.6. The van der Waals surface area contributed by atoms with Gasteiger partial charge in [-0.25, -0.2) is 0 Å². The van der Waals surface area contributed by atoms with Crippen molar-refractivity contribution in [1.82, 2.24) is 10.6 Å². The predicted octanol–water partition coefficient (Wildman–Crippen LogP) is 3.36. The largest absolute Gasteiger partial charge is 0.367 e. The number of hydrogen-bond acceptors (Lipinski definition) is 4. The number of hydrogen-bond donors (Lipinski definition) is 2. The van der Waals surface area contributed by atoms with Crippen molar-refractivity contribution in [3.05, 3.63) is 57.5 Å². The van der Waals surface area contributed by atoms with Crippen LogP contribution in [-0.2, 0) is 0 Å². The molecule has 0 spiro atoms. The number of nitrogens with one attached hydrogen (secondary N) is 2. The van der Waals surface area contributed by atoms with E-state index in [2.05, 4.69) is 41.8 Å². The molecule has 5 heteroatoms. The summed E-state index contributed by atoms with van der Waals surface area (Å²) in [5.74, 6) is 1.32. The van der Waals surface area contributed by atoms with Crippen molar-refractivity contribution in [2.24, 2.45) is 0 Å². The van der Waals surface area contributed by atoms with Gasteiger partial charge < -0.3 is 10.6 Å². The summed E-state index contributed by atoms with van der Waals surface area (Å²) in [4.78, 5) is 9.45. The van der Waals surface area contributed by atoms with E-state index in [9.17, 15) is 10.1 Å². The Morgan fingerprint density at radius 3 is 2.50 bits per heavy atom. The highest BCUT2D eigenvalue weighted by molar-refractivity contribution is 5.43. The molecule has 0 radical (unpaired) electrons. The average Bonchev–Trinajstić information content (AvgIpc) is 2.53. The van der Waals surface area contributed by atoms with Crippen molar-refractivity contribution in [1.29, 1.82) is 0 Å². The third kappa shape index (κ3) is 4.76. The number of unbranched alkanes of at least 4 members (excludes halogenated alkanes) is 2. The van der Waals surface area contributed by atoms with Crippen LogP contribution in [0.2, 0.25) is 0 Å². The van der Waals surface area contributed by atoms with Gasteiger partial charge >= 0.3 is 0 Å². The van der Waals surface area contributed by atoms with Gasteiger partial charge in [0, 0.05) is 19.0 Å². The normalized spacial score (nSPS) is 15.6. The first-order valence-corrected chi connectivity index (χ1v) is 8.13. The van der Waals surface area contributed by atoms with E-state index in [0.717, 1.165) is 31.6 Å². The third-order valence-corrected chi connectivity index (χ3v) is 4.03. The monoisotopic (exact) mass is 303 g/mol. The lowest BCUT2D eigenvalue weighted by Crippen LogP contribution is -2.35. The van der Waals surface area contributed by atoms with Gasteiger partial charge in [-0.2, -0.15) is 0 Å². The van der Waals surface area contributed by atoms with Crippen LogP contribution in [0.5, 0.6) is 0 Å². The fraction of sp³-hybridized carbons (Fsp3) is 0.529. The lowest BCUT2D eigenvalue weighted by atomic mass is 9.78. The van der Waals surface area contributed by atoms with Gasteiger partial charge in [0.05, 0.1) is 4.92 Å². The average molecular weight is 303 g/mol. The van der Waals surface area contributed by atoms with Gasteiger partial charge in [0.15, 0.2) is 5.82 Å². The minimum absolute atomic E-state index is 0.472. The molecule has 0 saturated carbocycles. The van der Waals surface area contributed by atoms with E-state index in [1.807, 2.05) is 0 Å². The maximum atomic E-state index is 9.92. The molecule has 1 heterocycles. The summed E-state index contributed by atoms with van der Waals surface area (Å²) < 4.78 is 0. The summed E-state index contributed by atoms with van der Waals surface area (Å²) in [6, 6.07) is 8.99. The van der Waals surface area contributed by atoms with Gasteiger partial charge in [0.2, 0.25) is 0 Å². The molecule has 1 aromatic rings. The van der Waals surface area contributed by atoms with Crippen molar-refractivity contribution in [3.8, 4) is 0 Å². The second kappa shape index (κ2) is 8.41. The number of nitro groups is 1. The van der Waals surface area contributed by atoms with Gasteiger partial charge in [-0.3, -0.25) is 10.1 Å². The number of rotatable bonds is 5. The highest BCUT2D eigenvalue weighted by Crippen LogP contribution is 2.38. The molecule has 1 aliphatic heterocycles. The summed E-state index contributed by atoms with van der Waals surface area (Å²) in [6.07, 6.45) is 7.44. The maximum absolute atomic E-state index is 9.92. The zero-order valence-corrected chi connectivity index (χ0v) is 13.2. The summed E-state index contributed by atoms with van der Waals surface area (Å²) in [6.45, 7) is 3.89. The van der Waals surface area contributed by atoms with Gasteiger partial charge in [0.1, 0.15) is 0 Å². The first-order chi connectivity index (χ1) is 10.7. The van der Waals surface area contributed by atoms with Crippen molar-refractivity contribution in [3.63, 3.8) is 0 Å². The molecule has 5 nitrogen and oxygen atoms in total. The Hall–Kier alpha value is -2.04. The smallest absolute Gasteiger partial charge is 0.274 e. The molecular weight excluding hydrogens is 278 g/mol. The molecule has 1 fully saturated rings. The lowest BCUT2D eigenvalue weighted by Gasteiger charge is -2.27. The van der Waals surface area contributed by atoms with E-state index >= 15 is 0 Å². The molecule has 22 heavy (non-hydrogen) atoms. The Bertz CT molecular complexity index is 494. The van der Waals surface area contributed by atoms with Crippen LogP contribution in [0.25, 0.3) is 0 Å². The van der Waals surface area contributed by atoms with Crippen LogP contribution in [0, 0.1) is 10.1 Å². The molecule has 0 amide bonds. The van der Waals surface area contributed by atoms with Crippen molar-refractivity contribution >= 4 is 0 Å². The van der Waals surface area contributed by atoms with Crippen LogP contribution < -0.4 is 10.6 Å².